The Kier molecular flexibility index (Phi) is 4.68. The number of oxime groups is 1. The van der Waals surface area contributed by atoms with Crippen molar-refractivity contribution in [1.82, 2.24) is 0 Å². The van der Waals surface area contributed by atoms with Crippen LogP contribution in [-0.2, 0) is 14.4 Å². The molecule has 2 aromatic rings. The molecule has 0 heterocycles. The number of rotatable bonds is 5. The number of benzene rings is 2. The Bertz CT molecular complexity index is 692. The summed E-state index contributed by atoms with van der Waals surface area (Å²) in [5.74, 6) is 0. The third-order valence-electron chi connectivity index (χ3n) is 2.41. The van der Waals surface area contributed by atoms with Gasteiger partial charge in [-0.1, -0.05) is 59.8 Å². The zero-order chi connectivity index (χ0) is 14.3. The maximum Gasteiger partial charge on any atom is 0.358 e. The van der Waals surface area contributed by atoms with E-state index in [4.69, 9.17) is 0 Å². The normalized spacial score (nSPS) is 12.0. The van der Waals surface area contributed by atoms with Crippen LogP contribution in [0.25, 0.3) is 6.08 Å². The first kappa shape index (κ1) is 14.0. The van der Waals surface area contributed by atoms with E-state index in [2.05, 4.69) is 9.44 Å². The first-order valence-electron chi connectivity index (χ1n) is 5.92. The van der Waals surface area contributed by atoms with Crippen molar-refractivity contribution in [3.63, 3.8) is 0 Å². The Labute approximate surface area is 118 Å². The highest BCUT2D eigenvalue weighted by Crippen LogP contribution is 2.11. The van der Waals surface area contributed by atoms with Crippen molar-refractivity contribution >= 4 is 22.4 Å². The fourth-order valence-electron chi connectivity index (χ4n) is 1.47. The van der Waals surface area contributed by atoms with E-state index < -0.39 is 10.1 Å². The highest BCUT2D eigenvalue weighted by molar-refractivity contribution is 7.86. The quantitative estimate of drug-likeness (QED) is 0.627. The zero-order valence-electron chi connectivity index (χ0n) is 10.6. The average molecular weight is 287 g/mol. The minimum atomic E-state index is -3.84. The van der Waals surface area contributed by atoms with Crippen LogP contribution in [0.2, 0.25) is 0 Å². The minimum absolute atomic E-state index is 0.0733. The molecule has 0 saturated heterocycles. The van der Waals surface area contributed by atoms with Crippen molar-refractivity contribution in [2.24, 2.45) is 5.16 Å². The van der Waals surface area contributed by atoms with Crippen molar-refractivity contribution in [1.29, 1.82) is 0 Å². The lowest BCUT2D eigenvalue weighted by molar-refractivity contribution is 0.341. The van der Waals surface area contributed by atoms with Crippen LogP contribution in [0.5, 0.6) is 0 Å². The summed E-state index contributed by atoms with van der Waals surface area (Å²) in [5, 5.41) is 3.43. The van der Waals surface area contributed by atoms with Gasteiger partial charge < -0.3 is 0 Å². The molecular formula is C15H13NO3S. The highest BCUT2D eigenvalue weighted by atomic mass is 32.2. The smallest absolute Gasteiger partial charge is 0.265 e. The Morgan fingerprint density at radius 3 is 2.15 bits per heavy atom. The predicted molar refractivity (Wildman–Crippen MR) is 78.7 cm³/mol. The van der Waals surface area contributed by atoms with Gasteiger partial charge in [-0.25, -0.2) is 0 Å². The summed E-state index contributed by atoms with van der Waals surface area (Å²) in [6, 6.07) is 17.4. The molecule has 20 heavy (non-hydrogen) atoms. The summed E-state index contributed by atoms with van der Waals surface area (Å²) in [5.41, 5.74) is 0.991. The molecule has 0 aliphatic heterocycles. The van der Waals surface area contributed by atoms with Crippen molar-refractivity contribution in [2.45, 2.75) is 4.90 Å². The highest BCUT2D eigenvalue weighted by Gasteiger charge is 2.13. The first-order chi connectivity index (χ1) is 9.68. The number of allylic oxidation sites excluding steroid dienone is 1. The molecule has 0 amide bonds. The van der Waals surface area contributed by atoms with Crippen molar-refractivity contribution in [3.8, 4) is 0 Å². The van der Waals surface area contributed by atoms with Gasteiger partial charge in [0, 0.05) is 0 Å². The molecule has 0 aromatic heterocycles. The maximum absolute atomic E-state index is 11.7. The molecule has 102 valence electrons. The fraction of sp³-hybridized carbons (Fsp3) is 0. The summed E-state index contributed by atoms with van der Waals surface area (Å²) >= 11 is 0. The number of nitrogens with zero attached hydrogens (tertiary/aromatic N) is 1. The summed E-state index contributed by atoms with van der Waals surface area (Å²) in [6.07, 6.45) is 4.69. The van der Waals surface area contributed by atoms with E-state index >= 15 is 0 Å². The van der Waals surface area contributed by atoms with Crippen molar-refractivity contribution in [3.05, 3.63) is 72.3 Å². The molecule has 0 spiro atoms. The van der Waals surface area contributed by atoms with Gasteiger partial charge >= 0.3 is 10.1 Å². The van der Waals surface area contributed by atoms with Crippen molar-refractivity contribution < 1.29 is 12.7 Å². The van der Waals surface area contributed by atoms with Crippen LogP contribution >= 0.6 is 0 Å². The van der Waals surface area contributed by atoms with Crippen LogP contribution in [0.4, 0.5) is 0 Å². The van der Waals surface area contributed by atoms with Crippen molar-refractivity contribution in [2.75, 3.05) is 0 Å². The van der Waals surface area contributed by atoms with Crippen LogP contribution < -0.4 is 0 Å². The van der Waals surface area contributed by atoms with Crippen LogP contribution in [0.1, 0.15) is 5.56 Å². The zero-order valence-corrected chi connectivity index (χ0v) is 11.4. The molecule has 0 fully saturated rings. The van der Waals surface area contributed by atoms with E-state index in [0.29, 0.717) is 0 Å². The topological polar surface area (TPSA) is 55.7 Å². The summed E-state index contributed by atoms with van der Waals surface area (Å²) in [4.78, 5) is 0.0733. The molecular weight excluding hydrogens is 274 g/mol. The van der Waals surface area contributed by atoms with Gasteiger partial charge in [-0.15, -0.1) is 0 Å². The molecule has 0 atom stereocenters. The molecule has 4 nitrogen and oxygen atoms in total. The monoisotopic (exact) mass is 287 g/mol. The van der Waals surface area contributed by atoms with E-state index in [9.17, 15) is 8.42 Å². The lowest BCUT2D eigenvalue weighted by atomic mass is 10.2. The molecule has 0 unspecified atom stereocenters. The molecule has 0 aliphatic carbocycles. The van der Waals surface area contributed by atoms with Crippen LogP contribution in [0.3, 0.4) is 0 Å². The Hall–Kier alpha value is -2.40. The summed E-state index contributed by atoms with van der Waals surface area (Å²) < 4.78 is 28.0. The van der Waals surface area contributed by atoms with Gasteiger partial charge in [-0.05, 0) is 23.8 Å². The summed E-state index contributed by atoms with van der Waals surface area (Å²) in [6.45, 7) is 0. The molecule has 0 N–H and O–H groups in total. The molecule has 0 saturated carbocycles. The lowest BCUT2D eigenvalue weighted by Gasteiger charge is -1.99. The van der Waals surface area contributed by atoms with E-state index in [-0.39, 0.29) is 4.90 Å². The van der Waals surface area contributed by atoms with E-state index in [0.717, 1.165) is 5.56 Å². The lowest BCUT2D eigenvalue weighted by Crippen LogP contribution is -2.01. The second-order valence-corrected chi connectivity index (χ2v) is 5.39. The van der Waals surface area contributed by atoms with E-state index in [1.807, 2.05) is 30.3 Å². The minimum Gasteiger partial charge on any atom is -0.265 e. The third-order valence-corrected chi connectivity index (χ3v) is 3.54. The number of hydrogen-bond donors (Lipinski definition) is 0. The molecule has 0 radical (unpaired) electrons. The largest absolute Gasteiger partial charge is 0.358 e. The molecule has 0 aliphatic rings. The van der Waals surface area contributed by atoms with Gasteiger partial charge in [0.2, 0.25) is 0 Å². The average Bonchev–Trinajstić information content (AvgIpc) is 2.49. The second-order valence-electron chi connectivity index (χ2n) is 3.87. The number of hydrogen-bond acceptors (Lipinski definition) is 4. The fourth-order valence-corrected chi connectivity index (χ4v) is 2.20. The second kappa shape index (κ2) is 6.68. The van der Waals surface area contributed by atoms with Crippen LogP contribution in [0, 0.1) is 0 Å². The van der Waals surface area contributed by atoms with Gasteiger partial charge in [-0.3, -0.25) is 4.28 Å². The van der Waals surface area contributed by atoms with Gasteiger partial charge in [0.1, 0.15) is 4.90 Å². The molecule has 0 bridgehead atoms. The van der Waals surface area contributed by atoms with E-state index in [1.54, 1.807) is 30.4 Å². The van der Waals surface area contributed by atoms with Crippen LogP contribution in [0.15, 0.2) is 76.8 Å². The Morgan fingerprint density at radius 2 is 1.50 bits per heavy atom. The molecule has 2 rings (SSSR count). The Morgan fingerprint density at radius 1 is 0.900 bits per heavy atom. The Balaban J connectivity index is 1.95. The van der Waals surface area contributed by atoms with Gasteiger partial charge in [0.15, 0.2) is 0 Å². The third kappa shape index (κ3) is 4.07. The predicted octanol–water partition coefficient (Wildman–Crippen LogP) is 3.09. The standard InChI is InChI=1S/C15H13NO3S/c17-20(18,15-11-5-2-6-12-15)19-16-13-7-10-14-8-3-1-4-9-14/h1-13H. The molecule has 2 aromatic carbocycles. The van der Waals surface area contributed by atoms with Crippen LogP contribution in [-0.4, -0.2) is 14.6 Å². The van der Waals surface area contributed by atoms with Gasteiger partial charge in [-0.2, -0.15) is 8.42 Å². The molecule has 5 heteroatoms. The van der Waals surface area contributed by atoms with E-state index in [1.165, 1.54) is 18.3 Å². The first-order valence-corrected chi connectivity index (χ1v) is 7.33. The summed E-state index contributed by atoms with van der Waals surface area (Å²) in [7, 11) is -3.84. The maximum atomic E-state index is 11.7. The van der Waals surface area contributed by atoms with Gasteiger partial charge in [0.25, 0.3) is 0 Å². The van der Waals surface area contributed by atoms with Gasteiger partial charge in [0.05, 0.1) is 6.21 Å². The SMILES string of the molecule is O=S(=O)(ON=CC=Cc1ccccc1)c1ccccc1.